The largest absolute Gasteiger partial charge is 0.381 e. The van der Waals surface area contributed by atoms with Gasteiger partial charge in [0.25, 0.3) is 0 Å². The Kier molecular flexibility index (Phi) is 6.71. The molecule has 3 N–H and O–H groups in total. The zero-order valence-corrected chi connectivity index (χ0v) is 20.5. The van der Waals surface area contributed by atoms with Crippen LogP contribution in [0.2, 0.25) is 5.15 Å². The van der Waals surface area contributed by atoms with E-state index in [1.807, 2.05) is 30.3 Å². The Hall–Kier alpha value is -3.04. The Morgan fingerprint density at radius 3 is 2.54 bits per heavy atom. The van der Waals surface area contributed by atoms with Crippen molar-refractivity contribution in [3.63, 3.8) is 0 Å². The quantitative estimate of drug-likeness (QED) is 0.351. The van der Waals surface area contributed by atoms with Crippen molar-refractivity contribution in [1.82, 2.24) is 9.97 Å². The van der Waals surface area contributed by atoms with E-state index in [4.69, 9.17) is 26.5 Å². The molecule has 3 heterocycles. The highest BCUT2D eigenvalue weighted by atomic mass is 35.5. The SMILES string of the molecule is NS(=O)(=O)c1cncc(-c2c(Cl)nc(NCC3CCOCC3)c3c(-c4ccccc4)cccc23)c1. The van der Waals surface area contributed by atoms with Crippen LogP contribution in [0.3, 0.4) is 0 Å². The maximum absolute atomic E-state index is 12.0. The van der Waals surface area contributed by atoms with E-state index < -0.39 is 10.0 Å². The minimum Gasteiger partial charge on any atom is -0.381 e. The molecule has 7 nitrogen and oxygen atoms in total. The number of primary sulfonamides is 1. The predicted molar refractivity (Wildman–Crippen MR) is 139 cm³/mol. The molecule has 0 aliphatic carbocycles. The van der Waals surface area contributed by atoms with Crippen LogP contribution in [-0.4, -0.2) is 38.1 Å². The van der Waals surface area contributed by atoms with E-state index in [9.17, 15) is 8.42 Å². The Morgan fingerprint density at radius 1 is 1.03 bits per heavy atom. The van der Waals surface area contributed by atoms with Crippen molar-refractivity contribution < 1.29 is 13.2 Å². The van der Waals surface area contributed by atoms with Gasteiger partial charge in [-0.1, -0.05) is 60.1 Å². The lowest BCUT2D eigenvalue weighted by Crippen LogP contribution is -2.23. The van der Waals surface area contributed by atoms with Gasteiger partial charge in [-0.25, -0.2) is 18.5 Å². The van der Waals surface area contributed by atoms with Gasteiger partial charge < -0.3 is 10.1 Å². The van der Waals surface area contributed by atoms with Crippen molar-refractivity contribution in [3.8, 4) is 22.3 Å². The summed E-state index contributed by atoms with van der Waals surface area (Å²) in [5.74, 6) is 1.17. The fraction of sp³-hybridized carbons (Fsp3) is 0.231. The fourth-order valence-electron chi connectivity index (χ4n) is 4.50. The first kappa shape index (κ1) is 23.7. The minimum absolute atomic E-state index is 0.0832. The molecule has 5 rings (SSSR count). The number of sulfonamides is 1. The Bertz CT molecular complexity index is 1470. The van der Waals surface area contributed by atoms with Crippen LogP contribution in [0.25, 0.3) is 33.0 Å². The zero-order chi connectivity index (χ0) is 24.4. The van der Waals surface area contributed by atoms with Crippen LogP contribution in [-0.2, 0) is 14.8 Å². The first-order valence-electron chi connectivity index (χ1n) is 11.4. The molecule has 35 heavy (non-hydrogen) atoms. The second kappa shape index (κ2) is 9.91. The summed E-state index contributed by atoms with van der Waals surface area (Å²) < 4.78 is 29.4. The smallest absolute Gasteiger partial charge is 0.239 e. The first-order valence-corrected chi connectivity index (χ1v) is 13.3. The van der Waals surface area contributed by atoms with Crippen LogP contribution in [0.1, 0.15) is 12.8 Å². The number of ether oxygens (including phenoxy) is 1. The van der Waals surface area contributed by atoms with E-state index in [0.29, 0.717) is 22.9 Å². The number of hydrogen-bond acceptors (Lipinski definition) is 6. The average Bonchev–Trinajstić information content (AvgIpc) is 2.87. The van der Waals surface area contributed by atoms with Crippen LogP contribution in [0, 0.1) is 5.92 Å². The highest BCUT2D eigenvalue weighted by molar-refractivity contribution is 7.89. The summed E-state index contributed by atoms with van der Waals surface area (Å²) in [6.45, 7) is 2.29. The molecule has 0 atom stereocenters. The first-order chi connectivity index (χ1) is 16.9. The molecule has 1 fully saturated rings. The molecule has 180 valence electrons. The number of nitrogens with zero attached hydrogens (tertiary/aromatic N) is 2. The lowest BCUT2D eigenvalue weighted by Gasteiger charge is -2.23. The van der Waals surface area contributed by atoms with E-state index in [-0.39, 0.29) is 10.0 Å². The van der Waals surface area contributed by atoms with E-state index in [1.54, 1.807) is 6.20 Å². The van der Waals surface area contributed by atoms with Gasteiger partial charge in [0.2, 0.25) is 10.0 Å². The topological polar surface area (TPSA) is 107 Å². The van der Waals surface area contributed by atoms with Crippen LogP contribution in [0.15, 0.2) is 71.9 Å². The molecule has 0 radical (unpaired) electrons. The number of nitrogens with two attached hydrogens (primary N) is 1. The third-order valence-corrected chi connectivity index (χ3v) is 7.45. The molecule has 0 amide bonds. The number of hydrogen-bond donors (Lipinski definition) is 2. The molecule has 2 aromatic heterocycles. The summed E-state index contributed by atoms with van der Waals surface area (Å²) in [5, 5.41) is 10.9. The van der Waals surface area contributed by atoms with Gasteiger partial charge in [0.05, 0.1) is 0 Å². The third kappa shape index (κ3) is 5.01. The van der Waals surface area contributed by atoms with Gasteiger partial charge in [-0.15, -0.1) is 0 Å². The maximum atomic E-state index is 12.0. The molecule has 0 saturated carbocycles. The molecular weight excluding hydrogens is 484 g/mol. The third-order valence-electron chi connectivity index (χ3n) is 6.30. The van der Waals surface area contributed by atoms with E-state index >= 15 is 0 Å². The number of rotatable bonds is 6. The molecule has 4 aromatic rings. The number of aromatic nitrogens is 2. The molecule has 9 heteroatoms. The monoisotopic (exact) mass is 508 g/mol. The van der Waals surface area contributed by atoms with Gasteiger partial charge in [0, 0.05) is 48.7 Å². The summed E-state index contributed by atoms with van der Waals surface area (Å²) in [4.78, 5) is 8.77. The number of benzene rings is 2. The maximum Gasteiger partial charge on any atom is 0.239 e. The van der Waals surface area contributed by atoms with Crippen molar-refractivity contribution in [1.29, 1.82) is 0 Å². The van der Waals surface area contributed by atoms with Crippen molar-refractivity contribution in [2.45, 2.75) is 17.7 Å². The number of nitrogens with one attached hydrogen (secondary N) is 1. The lowest BCUT2D eigenvalue weighted by atomic mass is 9.94. The number of halogens is 1. The van der Waals surface area contributed by atoms with Gasteiger partial charge in [-0.2, -0.15) is 0 Å². The van der Waals surface area contributed by atoms with Gasteiger partial charge in [-0.3, -0.25) is 4.98 Å². The van der Waals surface area contributed by atoms with Crippen LogP contribution in [0.4, 0.5) is 5.82 Å². The van der Waals surface area contributed by atoms with Crippen molar-refractivity contribution >= 4 is 38.2 Å². The Labute approximate surface area is 209 Å². The second-order valence-electron chi connectivity index (χ2n) is 8.61. The van der Waals surface area contributed by atoms with Gasteiger partial charge >= 0.3 is 0 Å². The molecule has 0 bridgehead atoms. The summed E-state index contributed by atoms with van der Waals surface area (Å²) >= 11 is 6.75. The number of fused-ring (bicyclic) bond motifs is 1. The summed E-state index contributed by atoms with van der Waals surface area (Å²) in [5.41, 5.74) is 3.17. The lowest BCUT2D eigenvalue weighted by molar-refractivity contribution is 0.0699. The van der Waals surface area contributed by atoms with Crippen molar-refractivity contribution in [2.75, 3.05) is 25.1 Å². The van der Waals surface area contributed by atoms with Crippen LogP contribution in [0.5, 0.6) is 0 Å². The predicted octanol–water partition coefficient (Wildman–Crippen LogP) is 5.10. The van der Waals surface area contributed by atoms with Gasteiger partial charge in [0.15, 0.2) is 0 Å². The highest BCUT2D eigenvalue weighted by Crippen LogP contribution is 2.42. The zero-order valence-electron chi connectivity index (χ0n) is 18.9. The normalized spacial score (nSPS) is 14.8. The number of pyridine rings is 2. The van der Waals surface area contributed by atoms with Gasteiger partial charge in [-0.05, 0) is 41.3 Å². The summed E-state index contributed by atoms with van der Waals surface area (Å²) in [7, 11) is -3.93. The number of anilines is 1. The standard InChI is InChI=1S/C26H25ClN4O3S/c27-25-23(19-13-20(16-29-15-19)35(28,32)33)22-8-4-7-21(18-5-2-1-3-6-18)24(22)26(31-25)30-14-17-9-11-34-12-10-17/h1-8,13,15-17H,9-12,14H2,(H,30,31)(H2,28,32,33). The van der Waals surface area contributed by atoms with Gasteiger partial charge in [0.1, 0.15) is 15.9 Å². The minimum atomic E-state index is -3.93. The van der Waals surface area contributed by atoms with Crippen molar-refractivity contribution in [2.24, 2.45) is 11.1 Å². The molecule has 1 aliphatic heterocycles. The summed E-state index contributed by atoms with van der Waals surface area (Å²) in [6.07, 6.45) is 4.78. The summed E-state index contributed by atoms with van der Waals surface area (Å²) in [6, 6.07) is 17.5. The van der Waals surface area contributed by atoms with Crippen LogP contribution >= 0.6 is 11.6 Å². The molecule has 0 unspecified atom stereocenters. The van der Waals surface area contributed by atoms with E-state index in [0.717, 1.165) is 54.5 Å². The van der Waals surface area contributed by atoms with Crippen LogP contribution < -0.4 is 10.5 Å². The Balaban J connectivity index is 1.71. The molecular formula is C26H25ClN4O3S. The Morgan fingerprint density at radius 2 is 1.80 bits per heavy atom. The molecule has 0 spiro atoms. The molecule has 1 saturated heterocycles. The average molecular weight is 509 g/mol. The molecule has 2 aromatic carbocycles. The second-order valence-corrected chi connectivity index (χ2v) is 10.5. The molecule has 1 aliphatic rings. The van der Waals surface area contributed by atoms with Crippen molar-refractivity contribution in [3.05, 3.63) is 72.1 Å². The van der Waals surface area contributed by atoms with E-state index in [1.165, 1.54) is 12.3 Å². The fourth-order valence-corrected chi connectivity index (χ4v) is 5.29. The highest BCUT2D eigenvalue weighted by Gasteiger charge is 2.21. The van der Waals surface area contributed by atoms with E-state index in [2.05, 4.69) is 28.5 Å².